The fraction of sp³-hybridized carbons (Fsp3) is 0.636. The van der Waals surface area contributed by atoms with Crippen LogP contribution in [0.15, 0.2) is 29.3 Å². The molecule has 0 spiro atoms. The molecule has 1 unspecified atom stereocenters. The van der Waals surface area contributed by atoms with Crippen molar-refractivity contribution in [2.24, 2.45) is 5.92 Å². The maximum Gasteiger partial charge on any atom is 0.315 e. The molecule has 1 aromatic rings. The fourth-order valence-electron chi connectivity index (χ4n) is 4.83. The molecule has 29 heavy (non-hydrogen) atoms. The highest BCUT2D eigenvalue weighted by Gasteiger charge is 2.37. The van der Waals surface area contributed by atoms with Crippen LogP contribution in [0.1, 0.15) is 56.2 Å². The van der Waals surface area contributed by atoms with Crippen molar-refractivity contribution in [1.29, 1.82) is 0 Å². The van der Waals surface area contributed by atoms with E-state index in [1.165, 1.54) is 25.0 Å². The molecule has 158 valence electrons. The van der Waals surface area contributed by atoms with Crippen LogP contribution < -0.4 is 10.6 Å². The van der Waals surface area contributed by atoms with Gasteiger partial charge in [-0.05, 0) is 62.3 Å². The number of urea groups is 1. The van der Waals surface area contributed by atoms with E-state index in [9.17, 15) is 9.59 Å². The van der Waals surface area contributed by atoms with Crippen LogP contribution in [-0.4, -0.2) is 43.1 Å². The number of hydrogen-bond donors (Lipinski definition) is 2. The predicted molar refractivity (Wildman–Crippen MR) is 114 cm³/mol. The third-order valence-electron chi connectivity index (χ3n) is 6.39. The summed E-state index contributed by atoms with van der Waals surface area (Å²) in [5.41, 5.74) is 0.865. The van der Waals surface area contributed by atoms with Crippen molar-refractivity contribution in [3.63, 3.8) is 0 Å². The van der Waals surface area contributed by atoms with Crippen LogP contribution in [0.2, 0.25) is 0 Å². The van der Waals surface area contributed by atoms with E-state index < -0.39 is 0 Å². The van der Waals surface area contributed by atoms with Crippen molar-refractivity contribution >= 4 is 23.3 Å². The third kappa shape index (κ3) is 4.67. The number of likely N-dealkylation sites (tertiary alicyclic amines) is 1. The van der Waals surface area contributed by atoms with Gasteiger partial charge in [-0.15, -0.1) is 11.3 Å². The number of ether oxygens (including phenoxy) is 1. The number of amides is 3. The second-order valence-electron chi connectivity index (χ2n) is 8.25. The van der Waals surface area contributed by atoms with Crippen molar-refractivity contribution in [3.8, 4) is 0 Å². The summed E-state index contributed by atoms with van der Waals surface area (Å²) in [7, 11) is 0. The first-order valence-corrected chi connectivity index (χ1v) is 11.7. The molecule has 0 bridgehead atoms. The Balaban J connectivity index is 1.29. The molecule has 6 nitrogen and oxygen atoms in total. The minimum atomic E-state index is -0.368. The highest BCUT2D eigenvalue weighted by atomic mass is 32.1. The zero-order valence-electron chi connectivity index (χ0n) is 17.0. The van der Waals surface area contributed by atoms with Gasteiger partial charge in [-0.25, -0.2) is 4.79 Å². The highest BCUT2D eigenvalue weighted by Crippen LogP contribution is 2.36. The lowest BCUT2D eigenvalue weighted by Crippen LogP contribution is -2.52. The molecule has 1 aromatic heterocycles. The molecule has 1 atom stereocenters. The van der Waals surface area contributed by atoms with Crippen molar-refractivity contribution < 1.29 is 14.3 Å². The molecule has 2 fully saturated rings. The van der Waals surface area contributed by atoms with Crippen LogP contribution in [0, 0.1) is 5.92 Å². The van der Waals surface area contributed by atoms with Crippen LogP contribution >= 0.6 is 11.3 Å². The first kappa shape index (κ1) is 20.4. The van der Waals surface area contributed by atoms with Gasteiger partial charge in [-0.3, -0.25) is 4.79 Å². The van der Waals surface area contributed by atoms with Crippen molar-refractivity contribution in [2.75, 3.05) is 26.3 Å². The molecule has 2 aliphatic heterocycles. The Labute approximate surface area is 176 Å². The van der Waals surface area contributed by atoms with E-state index in [1.54, 1.807) is 11.3 Å². The molecular weight excluding hydrogens is 386 g/mol. The van der Waals surface area contributed by atoms with E-state index in [2.05, 4.69) is 22.8 Å². The normalized spacial score (nSPS) is 23.7. The van der Waals surface area contributed by atoms with Gasteiger partial charge in [-0.1, -0.05) is 12.1 Å². The standard InChI is InChI=1S/C22H31N3O3S/c26-20(25-13-3-6-17-5-1-2-7-18(17)25)9-12-23-21(27)24-22(10-14-28-15-11-22)19-8-4-16-29-19/h4,7-8,16-17H,1-3,5-6,9-15H2,(H2,23,24,27). The van der Waals surface area contributed by atoms with Gasteiger partial charge in [0, 0.05) is 43.3 Å². The zero-order chi connectivity index (χ0) is 20.1. The van der Waals surface area contributed by atoms with Gasteiger partial charge >= 0.3 is 6.03 Å². The van der Waals surface area contributed by atoms with Crippen LogP contribution in [0.3, 0.4) is 0 Å². The molecule has 0 aromatic carbocycles. The maximum atomic E-state index is 12.8. The third-order valence-corrected chi connectivity index (χ3v) is 7.47. The maximum absolute atomic E-state index is 12.8. The summed E-state index contributed by atoms with van der Waals surface area (Å²) >= 11 is 1.66. The Morgan fingerprint density at radius 3 is 2.86 bits per heavy atom. The molecule has 2 saturated heterocycles. The highest BCUT2D eigenvalue weighted by molar-refractivity contribution is 7.10. The Bertz CT molecular complexity index is 740. The summed E-state index contributed by atoms with van der Waals surface area (Å²) in [6.07, 6.45) is 9.91. The number of thiophene rings is 1. The molecular formula is C22H31N3O3S. The second kappa shape index (κ2) is 9.30. The smallest absolute Gasteiger partial charge is 0.315 e. The number of piperidine rings is 1. The Kier molecular flexibility index (Phi) is 6.55. The molecule has 3 amide bonds. The summed E-state index contributed by atoms with van der Waals surface area (Å²) in [6, 6.07) is 3.88. The van der Waals surface area contributed by atoms with Gasteiger partial charge in [-0.2, -0.15) is 0 Å². The number of carbonyl (C=O) groups is 2. The molecule has 0 radical (unpaired) electrons. The summed E-state index contributed by atoms with van der Waals surface area (Å²) in [4.78, 5) is 28.5. The Morgan fingerprint density at radius 2 is 2.07 bits per heavy atom. The number of nitrogens with one attached hydrogen (secondary N) is 2. The average molecular weight is 418 g/mol. The van der Waals surface area contributed by atoms with Crippen LogP contribution in [0.25, 0.3) is 0 Å². The quantitative estimate of drug-likeness (QED) is 0.767. The lowest BCUT2D eigenvalue weighted by molar-refractivity contribution is -0.130. The minimum Gasteiger partial charge on any atom is -0.381 e. The van der Waals surface area contributed by atoms with Gasteiger partial charge in [0.25, 0.3) is 0 Å². The van der Waals surface area contributed by atoms with E-state index in [0.29, 0.717) is 32.1 Å². The van der Waals surface area contributed by atoms with Gasteiger partial charge < -0.3 is 20.3 Å². The van der Waals surface area contributed by atoms with Crippen LogP contribution in [0.4, 0.5) is 4.79 Å². The molecule has 3 heterocycles. The van der Waals surface area contributed by atoms with E-state index in [-0.39, 0.29) is 17.5 Å². The lowest BCUT2D eigenvalue weighted by Gasteiger charge is -2.38. The molecule has 0 saturated carbocycles. The zero-order valence-corrected chi connectivity index (χ0v) is 17.8. The van der Waals surface area contributed by atoms with Crippen LogP contribution in [0.5, 0.6) is 0 Å². The topological polar surface area (TPSA) is 70.7 Å². The number of fused-ring (bicyclic) bond motifs is 1. The first-order chi connectivity index (χ1) is 14.2. The number of nitrogens with zero attached hydrogens (tertiary/aromatic N) is 1. The number of hydrogen-bond acceptors (Lipinski definition) is 4. The number of allylic oxidation sites excluding steroid dienone is 2. The van der Waals surface area contributed by atoms with Gasteiger partial charge in [0.15, 0.2) is 0 Å². The van der Waals surface area contributed by atoms with Gasteiger partial charge in [0.05, 0.1) is 5.54 Å². The summed E-state index contributed by atoms with van der Waals surface area (Å²) in [6.45, 7) is 2.45. The fourth-order valence-corrected chi connectivity index (χ4v) is 5.77. The predicted octanol–water partition coefficient (Wildman–Crippen LogP) is 3.75. The van der Waals surface area contributed by atoms with Gasteiger partial charge in [0.1, 0.15) is 0 Å². The number of carbonyl (C=O) groups excluding carboxylic acids is 2. The monoisotopic (exact) mass is 417 g/mol. The first-order valence-electron chi connectivity index (χ1n) is 10.9. The van der Waals surface area contributed by atoms with Crippen LogP contribution in [-0.2, 0) is 15.1 Å². The summed E-state index contributed by atoms with van der Waals surface area (Å²) in [5.74, 6) is 0.680. The van der Waals surface area contributed by atoms with E-state index in [0.717, 1.165) is 37.1 Å². The average Bonchev–Trinajstić information content (AvgIpc) is 3.29. The lowest BCUT2D eigenvalue weighted by atomic mass is 9.85. The molecule has 1 aliphatic carbocycles. The number of rotatable bonds is 5. The molecule has 3 aliphatic rings. The van der Waals surface area contributed by atoms with Gasteiger partial charge in [0.2, 0.25) is 5.91 Å². The molecule has 7 heteroatoms. The second-order valence-corrected chi connectivity index (χ2v) is 9.19. The van der Waals surface area contributed by atoms with E-state index >= 15 is 0 Å². The largest absolute Gasteiger partial charge is 0.381 e. The molecule has 4 rings (SSSR count). The minimum absolute atomic E-state index is 0.127. The van der Waals surface area contributed by atoms with Crippen molar-refractivity contribution in [1.82, 2.24) is 15.5 Å². The molecule has 2 N–H and O–H groups in total. The Hall–Kier alpha value is -1.86. The van der Waals surface area contributed by atoms with Crippen molar-refractivity contribution in [3.05, 3.63) is 34.2 Å². The van der Waals surface area contributed by atoms with E-state index in [4.69, 9.17) is 4.74 Å². The SMILES string of the molecule is O=C(NCCC(=O)N1CCCC2CCCC=C21)NC1(c2cccs2)CCOCC1. The summed E-state index contributed by atoms with van der Waals surface area (Å²) < 4.78 is 5.50. The summed E-state index contributed by atoms with van der Waals surface area (Å²) in [5, 5.41) is 8.12. The van der Waals surface area contributed by atoms with E-state index in [1.807, 2.05) is 16.3 Å². The van der Waals surface area contributed by atoms with Crippen molar-refractivity contribution in [2.45, 2.75) is 56.9 Å². The Morgan fingerprint density at radius 1 is 1.24 bits per heavy atom.